The fourth-order valence-corrected chi connectivity index (χ4v) is 2.66. The molecule has 0 saturated heterocycles. The van der Waals surface area contributed by atoms with Crippen molar-refractivity contribution in [1.82, 2.24) is 9.97 Å². The zero-order chi connectivity index (χ0) is 13.9. The van der Waals surface area contributed by atoms with Crippen LogP contribution in [0.5, 0.6) is 11.5 Å². The first-order chi connectivity index (χ1) is 9.72. The maximum Gasteiger partial charge on any atom is 0.187 e. The standard InChI is InChI=1S/C14H15N3O2S/c1-9-6-16-14(17-7-9)20-8-10-4-12-13(5-11(10)15)19-3-2-18-12/h4-7H,2-3,8,15H2,1H3. The summed E-state index contributed by atoms with van der Waals surface area (Å²) in [6.45, 7) is 3.11. The maximum atomic E-state index is 6.04. The first-order valence-electron chi connectivity index (χ1n) is 6.32. The van der Waals surface area contributed by atoms with Crippen LogP contribution in [0.1, 0.15) is 11.1 Å². The number of ether oxygens (including phenoxy) is 2. The van der Waals surface area contributed by atoms with E-state index in [0.717, 1.165) is 22.0 Å². The van der Waals surface area contributed by atoms with Gasteiger partial charge in [0.15, 0.2) is 16.7 Å². The summed E-state index contributed by atoms with van der Waals surface area (Å²) in [5.74, 6) is 2.17. The van der Waals surface area contributed by atoms with Crippen LogP contribution in [0.25, 0.3) is 0 Å². The van der Waals surface area contributed by atoms with Crippen molar-refractivity contribution in [3.05, 3.63) is 35.7 Å². The van der Waals surface area contributed by atoms with E-state index in [1.54, 1.807) is 11.8 Å². The number of fused-ring (bicyclic) bond motifs is 1. The van der Waals surface area contributed by atoms with E-state index in [0.29, 0.717) is 30.4 Å². The van der Waals surface area contributed by atoms with Crippen LogP contribution in [0.3, 0.4) is 0 Å². The quantitative estimate of drug-likeness (QED) is 0.531. The molecular formula is C14H15N3O2S. The molecular weight excluding hydrogens is 274 g/mol. The molecule has 0 spiro atoms. The summed E-state index contributed by atoms with van der Waals surface area (Å²) in [5.41, 5.74) is 8.80. The monoisotopic (exact) mass is 289 g/mol. The van der Waals surface area contributed by atoms with Gasteiger partial charge in [-0.15, -0.1) is 0 Å². The lowest BCUT2D eigenvalue weighted by Crippen LogP contribution is -2.15. The van der Waals surface area contributed by atoms with Crippen molar-refractivity contribution < 1.29 is 9.47 Å². The van der Waals surface area contributed by atoms with Crippen LogP contribution < -0.4 is 15.2 Å². The zero-order valence-electron chi connectivity index (χ0n) is 11.1. The Morgan fingerprint density at radius 3 is 2.50 bits per heavy atom. The summed E-state index contributed by atoms with van der Waals surface area (Å²) < 4.78 is 11.1. The summed E-state index contributed by atoms with van der Waals surface area (Å²) in [6, 6.07) is 3.76. The topological polar surface area (TPSA) is 70.3 Å². The second-order valence-electron chi connectivity index (χ2n) is 4.53. The molecule has 5 nitrogen and oxygen atoms in total. The molecule has 2 N–H and O–H groups in total. The molecule has 1 aromatic carbocycles. The molecule has 0 saturated carbocycles. The molecule has 0 radical (unpaired) electrons. The number of nitrogen functional groups attached to an aromatic ring is 1. The molecule has 0 atom stereocenters. The van der Waals surface area contributed by atoms with Crippen LogP contribution in [-0.4, -0.2) is 23.2 Å². The summed E-state index contributed by atoms with van der Waals surface area (Å²) in [6.07, 6.45) is 3.62. The number of thioether (sulfide) groups is 1. The number of aryl methyl sites for hydroxylation is 1. The largest absolute Gasteiger partial charge is 0.486 e. The van der Waals surface area contributed by atoms with Crippen LogP contribution >= 0.6 is 11.8 Å². The number of nitrogens with two attached hydrogens (primary N) is 1. The number of rotatable bonds is 3. The van der Waals surface area contributed by atoms with E-state index in [4.69, 9.17) is 15.2 Å². The summed E-state index contributed by atoms with van der Waals surface area (Å²) in [5, 5.41) is 0.741. The Morgan fingerprint density at radius 2 is 1.80 bits per heavy atom. The Balaban J connectivity index is 1.75. The van der Waals surface area contributed by atoms with E-state index in [1.165, 1.54) is 0 Å². The van der Waals surface area contributed by atoms with Crippen LogP contribution in [0.2, 0.25) is 0 Å². The smallest absolute Gasteiger partial charge is 0.187 e. The van der Waals surface area contributed by atoms with Gasteiger partial charge in [-0.2, -0.15) is 0 Å². The lowest BCUT2D eigenvalue weighted by atomic mass is 10.2. The minimum Gasteiger partial charge on any atom is -0.486 e. The Bertz CT molecular complexity index is 617. The molecule has 0 fully saturated rings. The molecule has 0 unspecified atom stereocenters. The number of nitrogens with zero attached hydrogens (tertiary/aromatic N) is 2. The van der Waals surface area contributed by atoms with E-state index in [2.05, 4.69) is 9.97 Å². The summed E-state index contributed by atoms with van der Waals surface area (Å²) >= 11 is 1.55. The van der Waals surface area contributed by atoms with Crippen LogP contribution in [-0.2, 0) is 5.75 Å². The van der Waals surface area contributed by atoms with Crippen molar-refractivity contribution in [2.75, 3.05) is 18.9 Å². The number of hydrogen-bond acceptors (Lipinski definition) is 6. The maximum absolute atomic E-state index is 6.04. The second kappa shape index (κ2) is 5.58. The average molecular weight is 289 g/mol. The lowest BCUT2D eigenvalue weighted by Gasteiger charge is -2.20. The highest BCUT2D eigenvalue weighted by Crippen LogP contribution is 2.36. The fraction of sp³-hybridized carbons (Fsp3) is 0.286. The molecule has 1 aliphatic heterocycles. The van der Waals surface area contributed by atoms with Gasteiger partial charge >= 0.3 is 0 Å². The van der Waals surface area contributed by atoms with Crippen LogP contribution in [0.15, 0.2) is 29.7 Å². The van der Waals surface area contributed by atoms with Gasteiger partial charge in [-0.25, -0.2) is 9.97 Å². The van der Waals surface area contributed by atoms with E-state index < -0.39 is 0 Å². The third-order valence-corrected chi connectivity index (χ3v) is 3.84. The van der Waals surface area contributed by atoms with Crippen molar-refractivity contribution >= 4 is 17.4 Å². The van der Waals surface area contributed by atoms with Crippen molar-refractivity contribution in [2.45, 2.75) is 17.8 Å². The van der Waals surface area contributed by atoms with Crippen molar-refractivity contribution in [3.63, 3.8) is 0 Å². The van der Waals surface area contributed by atoms with E-state index in [9.17, 15) is 0 Å². The second-order valence-corrected chi connectivity index (χ2v) is 5.47. The molecule has 2 heterocycles. The highest BCUT2D eigenvalue weighted by Gasteiger charge is 2.14. The predicted octanol–water partition coefficient (Wildman–Crippen LogP) is 2.43. The van der Waals surface area contributed by atoms with Crippen molar-refractivity contribution in [3.8, 4) is 11.5 Å². The minimum absolute atomic E-state index is 0.567. The number of anilines is 1. The Hall–Kier alpha value is -1.95. The van der Waals surface area contributed by atoms with Gasteiger partial charge in [0.25, 0.3) is 0 Å². The van der Waals surface area contributed by atoms with Gasteiger partial charge in [0.2, 0.25) is 0 Å². The molecule has 3 rings (SSSR count). The summed E-state index contributed by atoms with van der Waals surface area (Å²) in [7, 11) is 0. The van der Waals surface area contributed by atoms with Crippen molar-refractivity contribution in [2.24, 2.45) is 0 Å². The Morgan fingerprint density at radius 1 is 1.15 bits per heavy atom. The van der Waals surface area contributed by atoms with E-state index >= 15 is 0 Å². The van der Waals surface area contributed by atoms with E-state index in [1.807, 2.05) is 31.5 Å². The number of benzene rings is 1. The molecule has 2 aromatic rings. The Labute approximate surface area is 121 Å². The highest BCUT2D eigenvalue weighted by molar-refractivity contribution is 7.98. The van der Waals surface area contributed by atoms with Gasteiger partial charge in [0.1, 0.15) is 13.2 Å². The van der Waals surface area contributed by atoms with Gasteiger partial charge < -0.3 is 15.2 Å². The van der Waals surface area contributed by atoms with E-state index in [-0.39, 0.29) is 0 Å². The molecule has 1 aromatic heterocycles. The molecule has 0 amide bonds. The van der Waals surface area contributed by atoms with Gasteiger partial charge in [0, 0.05) is 29.9 Å². The number of aromatic nitrogens is 2. The SMILES string of the molecule is Cc1cnc(SCc2cc3c(cc2N)OCCO3)nc1. The molecule has 0 aliphatic carbocycles. The third-order valence-electron chi connectivity index (χ3n) is 2.92. The number of hydrogen-bond donors (Lipinski definition) is 1. The summed E-state index contributed by atoms with van der Waals surface area (Å²) in [4.78, 5) is 8.53. The first-order valence-corrected chi connectivity index (χ1v) is 7.30. The van der Waals surface area contributed by atoms with Crippen LogP contribution in [0, 0.1) is 6.92 Å². The van der Waals surface area contributed by atoms with Crippen LogP contribution in [0.4, 0.5) is 5.69 Å². The Kier molecular flexibility index (Phi) is 3.64. The lowest BCUT2D eigenvalue weighted by molar-refractivity contribution is 0.171. The zero-order valence-corrected chi connectivity index (χ0v) is 11.9. The fourth-order valence-electron chi connectivity index (χ4n) is 1.87. The molecule has 6 heteroatoms. The predicted molar refractivity (Wildman–Crippen MR) is 78.2 cm³/mol. The highest BCUT2D eigenvalue weighted by atomic mass is 32.2. The van der Waals surface area contributed by atoms with Gasteiger partial charge in [-0.3, -0.25) is 0 Å². The molecule has 104 valence electrons. The first kappa shape index (κ1) is 13.1. The normalized spacial score (nSPS) is 13.2. The molecule has 20 heavy (non-hydrogen) atoms. The van der Waals surface area contributed by atoms with Crippen molar-refractivity contribution in [1.29, 1.82) is 0 Å². The molecule has 1 aliphatic rings. The van der Waals surface area contributed by atoms with Gasteiger partial charge in [0.05, 0.1) is 0 Å². The minimum atomic E-state index is 0.567. The average Bonchev–Trinajstić information content (AvgIpc) is 2.47. The van der Waals surface area contributed by atoms with Gasteiger partial charge in [-0.05, 0) is 24.1 Å². The third kappa shape index (κ3) is 2.80. The van der Waals surface area contributed by atoms with Gasteiger partial charge in [-0.1, -0.05) is 11.8 Å². The molecule has 0 bridgehead atoms.